The van der Waals surface area contributed by atoms with Gasteiger partial charge in [0.05, 0.1) is 38.4 Å². The number of halogens is 3. The molecule has 28 heavy (non-hydrogen) atoms. The topological polar surface area (TPSA) is 38.3 Å². The Bertz CT molecular complexity index is 807. The van der Waals surface area contributed by atoms with Crippen LogP contribution in [0.25, 0.3) is 0 Å². The van der Waals surface area contributed by atoms with Gasteiger partial charge >= 0.3 is 0 Å². The predicted molar refractivity (Wildman–Crippen MR) is 105 cm³/mol. The first-order chi connectivity index (χ1) is 12.8. The van der Waals surface area contributed by atoms with Crippen LogP contribution in [0.1, 0.15) is 28.8 Å². The number of carbonyl (C=O) groups excluding carboxylic acids is 1. The highest BCUT2D eigenvalue weighted by Gasteiger charge is 2.30. The maximum absolute atomic E-state index is 13.2. The van der Waals surface area contributed by atoms with Crippen molar-refractivity contribution in [2.45, 2.75) is 25.4 Å². The number of anilines is 1. The molecular weight excluding hydrogens is 402 g/mol. The van der Waals surface area contributed by atoms with E-state index >= 15 is 0 Å². The molecule has 7 heteroatoms. The number of rotatable bonds is 5. The summed E-state index contributed by atoms with van der Waals surface area (Å²) in [5.41, 5.74) is 2.23. The van der Waals surface area contributed by atoms with Crippen molar-refractivity contribution >= 4 is 23.2 Å². The van der Waals surface area contributed by atoms with Gasteiger partial charge in [0.2, 0.25) is 0 Å². The van der Waals surface area contributed by atoms with E-state index in [9.17, 15) is 9.18 Å². The van der Waals surface area contributed by atoms with E-state index in [0.29, 0.717) is 17.3 Å². The van der Waals surface area contributed by atoms with Crippen molar-refractivity contribution in [3.05, 3.63) is 64.4 Å². The third kappa shape index (κ3) is 5.67. The summed E-state index contributed by atoms with van der Waals surface area (Å²) in [5, 5.41) is 2.75. The fourth-order valence-corrected chi connectivity index (χ4v) is 3.70. The molecule has 0 bridgehead atoms. The summed E-state index contributed by atoms with van der Waals surface area (Å²) in [6.07, 6.45) is 2.17. The van der Waals surface area contributed by atoms with Crippen LogP contribution in [0.15, 0.2) is 42.5 Å². The minimum absolute atomic E-state index is 0. The molecule has 2 aromatic carbocycles. The monoisotopic (exact) mass is 426 g/mol. The average molecular weight is 427 g/mol. The van der Waals surface area contributed by atoms with Crippen LogP contribution in [-0.4, -0.2) is 43.7 Å². The van der Waals surface area contributed by atoms with Gasteiger partial charge in [-0.05, 0) is 30.3 Å². The SMILES string of the molecule is C[N+](C)(Cc1ccc(NC(=O)c2ccc(F)c(Cl)c2)cc1)C1CCOCC1.[Cl-]. The lowest BCUT2D eigenvalue weighted by atomic mass is 10.0. The zero-order valence-electron chi connectivity index (χ0n) is 16.1. The van der Waals surface area contributed by atoms with Crippen molar-refractivity contribution < 1.29 is 30.8 Å². The van der Waals surface area contributed by atoms with Gasteiger partial charge in [0, 0.05) is 29.7 Å². The van der Waals surface area contributed by atoms with Crippen LogP contribution in [0.4, 0.5) is 10.1 Å². The summed E-state index contributed by atoms with van der Waals surface area (Å²) < 4.78 is 19.6. The Morgan fingerprint density at radius 1 is 1.18 bits per heavy atom. The largest absolute Gasteiger partial charge is 1.00 e. The molecule has 152 valence electrons. The molecule has 3 rings (SSSR count). The molecule has 0 atom stereocenters. The lowest BCUT2D eigenvalue weighted by molar-refractivity contribution is -0.929. The van der Waals surface area contributed by atoms with Crippen molar-refractivity contribution in [1.29, 1.82) is 0 Å². The Labute approximate surface area is 176 Å². The summed E-state index contributed by atoms with van der Waals surface area (Å²) >= 11 is 5.74. The number of nitrogens with one attached hydrogen (secondary N) is 1. The minimum Gasteiger partial charge on any atom is -1.00 e. The van der Waals surface area contributed by atoms with Crippen LogP contribution >= 0.6 is 11.6 Å². The highest BCUT2D eigenvalue weighted by atomic mass is 35.5. The van der Waals surface area contributed by atoms with Crippen molar-refractivity contribution in [2.75, 3.05) is 32.6 Å². The first kappa shape index (κ1) is 22.6. The zero-order valence-corrected chi connectivity index (χ0v) is 17.6. The fraction of sp³-hybridized carbons (Fsp3) is 0.381. The second-order valence-electron chi connectivity index (χ2n) is 7.56. The maximum atomic E-state index is 13.2. The number of amides is 1. The first-order valence-electron chi connectivity index (χ1n) is 9.11. The van der Waals surface area contributed by atoms with E-state index in [1.165, 1.54) is 23.8 Å². The molecule has 0 saturated carbocycles. The van der Waals surface area contributed by atoms with Crippen LogP contribution in [-0.2, 0) is 11.3 Å². The van der Waals surface area contributed by atoms with Gasteiger partial charge in [-0.25, -0.2) is 4.39 Å². The molecular formula is C21H25Cl2FN2O2. The van der Waals surface area contributed by atoms with Gasteiger partial charge in [0.15, 0.2) is 0 Å². The highest BCUT2D eigenvalue weighted by Crippen LogP contribution is 2.23. The molecule has 0 aromatic heterocycles. The number of nitrogens with zero attached hydrogens (tertiary/aromatic N) is 1. The Morgan fingerprint density at radius 2 is 1.82 bits per heavy atom. The number of quaternary nitrogens is 1. The van der Waals surface area contributed by atoms with E-state index in [1.54, 1.807) is 0 Å². The van der Waals surface area contributed by atoms with Gasteiger partial charge in [0.25, 0.3) is 5.91 Å². The Hall–Kier alpha value is -1.66. The molecule has 0 aliphatic carbocycles. The van der Waals surface area contributed by atoms with Crippen molar-refractivity contribution in [3.8, 4) is 0 Å². The van der Waals surface area contributed by atoms with E-state index in [0.717, 1.165) is 37.1 Å². The summed E-state index contributed by atoms with van der Waals surface area (Å²) in [6, 6.07) is 12.4. The molecule has 0 spiro atoms. The smallest absolute Gasteiger partial charge is 0.255 e. The third-order valence-corrected chi connectivity index (χ3v) is 5.45. The normalized spacial score (nSPS) is 15.0. The zero-order chi connectivity index (χ0) is 19.4. The van der Waals surface area contributed by atoms with Gasteiger partial charge < -0.3 is 26.9 Å². The summed E-state index contributed by atoms with van der Waals surface area (Å²) in [7, 11) is 4.51. The second-order valence-corrected chi connectivity index (χ2v) is 7.97. The maximum Gasteiger partial charge on any atom is 0.255 e. The number of ether oxygens (including phenoxy) is 1. The molecule has 0 radical (unpaired) electrons. The Morgan fingerprint density at radius 3 is 2.43 bits per heavy atom. The molecule has 1 amide bonds. The van der Waals surface area contributed by atoms with E-state index < -0.39 is 5.82 Å². The molecule has 1 fully saturated rings. The van der Waals surface area contributed by atoms with Gasteiger partial charge in [-0.1, -0.05) is 23.7 Å². The predicted octanol–water partition coefficient (Wildman–Crippen LogP) is 1.49. The second kappa shape index (κ2) is 9.70. The number of benzene rings is 2. The Kier molecular flexibility index (Phi) is 7.84. The summed E-state index contributed by atoms with van der Waals surface area (Å²) in [6.45, 7) is 2.60. The van der Waals surface area contributed by atoms with Crippen molar-refractivity contribution in [2.24, 2.45) is 0 Å². The van der Waals surface area contributed by atoms with Crippen LogP contribution in [0.2, 0.25) is 5.02 Å². The average Bonchev–Trinajstić information content (AvgIpc) is 2.66. The van der Waals surface area contributed by atoms with Crippen LogP contribution in [0, 0.1) is 5.82 Å². The van der Waals surface area contributed by atoms with Crippen molar-refractivity contribution in [3.63, 3.8) is 0 Å². The Balaban J connectivity index is 0.00000280. The van der Waals surface area contributed by atoms with E-state index in [2.05, 4.69) is 19.4 Å². The van der Waals surface area contributed by atoms with Gasteiger partial charge in [0.1, 0.15) is 12.4 Å². The number of hydrogen-bond acceptors (Lipinski definition) is 2. The molecule has 0 unspecified atom stereocenters. The summed E-state index contributed by atoms with van der Waals surface area (Å²) in [4.78, 5) is 12.3. The molecule has 1 saturated heterocycles. The van der Waals surface area contributed by atoms with Gasteiger partial charge in [-0.2, -0.15) is 0 Å². The van der Waals surface area contributed by atoms with E-state index in [4.69, 9.17) is 16.3 Å². The lowest BCUT2D eigenvalue weighted by Crippen LogP contribution is -3.00. The molecule has 2 aromatic rings. The standard InChI is InChI=1S/C21H24ClFN2O2.ClH/c1-25(2,18-9-11-27-12-10-18)14-15-3-6-17(7-4-15)24-21(26)16-5-8-20(23)19(22)13-16;/h3-8,13,18H,9-12,14H2,1-2H3;1H. The number of hydrogen-bond donors (Lipinski definition) is 1. The van der Waals surface area contributed by atoms with Crippen molar-refractivity contribution in [1.82, 2.24) is 0 Å². The van der Waals surface area contributed by atoms with Crippen LogP contribution in [0.3, 0.4) is 0 Å². The molecule has 1 aliphatic rings. The highest BCUT2D eigenvalue weighted by molar-refractivity contribution is 6.31. The molecule has 4 nitrogen and oxygen atoms in total. The molecule has 1 N–H and O–H groups in total. The number of carbonyl (C=O) groups is 1. The first-order valence-corrected chi connectivity index (χ1v) is 9.49. The lowest BCUT2D eigenvalue weighted by Gasteiger charge is -2.40. The van der Waals surface area contributed by atoms with Gasteiger partial charge in [-0.15, -0.1) is 0 Å². The fourth-order valence-electron chi connectivity index (χ4n) is 3.52. The van der Waals surface area contributed by atoms with E-state index in [-0.39, 0.29) is 23.3 Å². The third-order valence-electron chi connectivity index (χ3n) is 5.16. The molecule has 1 heterocycles. The van der Waals surface area contributed by atoms with Gasteiger partial charge in [-0.3, -0.25) is 4.79 Å². The quantitative estimate of drug-likeness (QED) is 0.735. The summed E-state index contributed by atoms with van der Waals surface area (Å²) in [5.74, 6) is -0.856. The minimum atomic E-state index is -0.539. The van der Waals surface area contributed by atoms with Crippen LogP contribution < -0.4 is 17.7 Å². The van der Waals surface area contributed by atoms with E-state index in [1.807, 2.05) is 24.3 Å². The van der Waals surface area contributed by atoms with Crippen LogP contribution in [0.5, 0.6) is 0 Å². The molecule has 1 aliphatic heterocycles.